The van der Waals surface area contributed by atoms with Crippen LogP contribution in [0.25, 0.3) is 0 Å². The Morgan fingerprint density at radius 2 is 1.78 bits per heavy atom. The summed E-state index contributed by atoms with van der Waals surface area (Å²) in [6.45, 7) is 16.1. The zero-order valence-electron chi connectivity index (χ0n) is 20.7. The molecule has 0 radical (unpaired) electrons. The second-order valence-electron chi connectivity index (χ2n) is 10.7. The van der Waals surface area contributed by atoms with Crippen LogP contribution < -0.4 is 15.3 Å². The monoisotopic (exact) mass is 447 g/mol. The molecule has 0 N–H and O–H groups in total. The molecule has 32 heavy (non-hydrogen) atoms. The number of hydrogen-bond donors (Lipinski definition) is 0. The van der Waals surface area contributed by atoms with E-state index in [0.29, 0.717) is 21.1 Å². The lowest BCUT2D eigenvalue weighted by Gasteiger charge is -2.27. The average molecular weight is 448 g/mol. The van der Waals surface area contributed by atoms with Crippen LogP contribution in [0.4, 0.5) is 0 Å². The largest absolute Gasteiger partial charge is 0.492 e. The molecule has 0 fully saturated rings. The lowest BCUT2D eigenvalue weighted by molar-refractivity contribution is 0.271. The van der Waals surface area contributed by atoms with Crippen LogP contribution in [0.3, 0.4) is 0 Å². The molecule has 2 aromatic carbocycles. The fourth-order valence-corrected chi connectivity index (χ4v) is 5.04. The van der Waals surface area contributed by atoms with E-state index >= 15 is 0 Å². The van der Waals surface area contributed by atoms with Crippen molar-refractivity contribution in [1.29, 1.82) is 0 Å². The van der Waals surface area contributed by atoms with Crippen LogP contribution in [0, 0.1) is 12.8 Å². The molecule has 3 rings (SSSR count). The molecule has 0 spiro atoms. The summed E-state index contributed by atoms with van der Waals surface area (Å²) in [5, 5.41) is 2.58. The number of allylic oxidation sites excluding steroid dienone is 3. The Balaban J connectivity index is 1.99. The van der Waals surface area contributed by atoms with Gasteiger partial charge in [0.25, 0.3) is 0 Å². The third-order valence-corrected chi connectivity index (χ3v) is 6.74. The quantitative estimate of drug-likeness (QED) is 0.359. The first-order chi connectivity index (χ1) is 15.0. The highest BCUT2D eigenvalue weighted by atomic mass is 31.1. The highest BCUT2D eigenvalue weighted by Crippen LogP contribution is 2.35. The predicted octanol–water partition coefficient (Wildman–Crippen LogP) is 6.65. The summed E-state index contributed by atoms with van der Waals surface area (Å²) in [5.74, 6) is 1.49. The van der Waals surface area contributed by atoms with Crippen LogP contribution in [0.1, 0.15) is 64.7 Å². The summed E-state index contributed by atoms with van der Waals surface area (Å²) in [7, 11) is 0.510. The van der Waals surface area contributed by atoms with Crippen molar-refractivity contribution in [2.75, 3.05) is 6.61 Å². The fraction of sp³-hybridized carbons (Fsp3) is 0.414. The van der Waals surface area contributed by atoms with Crippen LogP contribution >= 0.6 is 8.58 Å². The van der Waals surface area contributed by atoms with Gasteiger partial charge in [0.2, 0.25) is 0 Å². The molecule has 1 aliphatic rings. The van der Waals surface area contributed by atoms with Crippen LogP contribution in [0.2, 0.25) is 0 Å². The topological polar surface area (TPSA) is 21.6 Å². The normalized spacial score (nSPS) is 17.0. The highest BCUT2D eigenvalue weighted by Gasteiger charge is 2.23. The first-order valence-electron chi connectivity index (χ1n) is 11.6. The van der Waals surface area contributed by atoms with E-state index in [-0.39, 0.29) is 11.0 Å². The molecule has 0 bridgehead atoms. The molecule has 0 saturated carbocycles. The van der Waals surface area contributed by atoms with Gasteiger partial charge in [-0.3, -0.25) is 4.99 Å². The third kappa shape index (κ3) is 6.91. The van der Waals surface area contributed by atoms with Crippen molar-refractivity contribution >= 4 is 25.4 Å². The summed E-state index contributed by atoms with van der Waals surface area (Å²) in [6.07, 6.45) is 11.8. The predicted molar refractivity (Wildman–Crippen MR) is 143 cm³/mol. The number of ether oxygens (including phenoxy) is 1. The van der Waals surface area contributed by atoms with Crippen LogP contribution in [0.5, 0.6) is 5.75 Å². The van der Waals surface area contributed by atoms with Gasteiger partial charge >= 0.3 is 0 Å². The summed E-state index contributed by atoms with van der Waals surface area (Å²) < 4.78 is 6.60. The molecular weight excluding hydrogens is 409 g/mol. The van der Waals surface area contributed by atoms with E-state index in [4.69, 9.17) is 9.73 Å². The Hall–Kier alpha value is -2.18. The maximum absolute atomic E-state index is 6.60. The maximum Gasteiger partial charge on any atom is 0.130 e. The molecule has 0 heterocycles. The number of aliphatic imine (C=N–C) groups is 1. The van der Waals surface area contributed by atoms with Crippen LogP contribution in [-0.2, 0) is 5.41 Å². The van der Waals surface area contributed by atoms with Crippen molar-refractivity contribution in [3.8, 4) is 5.75 Å². The van der Waals surface area contributed by atoms with Crippen LogP contribution in [-0.4, -0.2) is 18.4 Å². The van der Waals surface area contributed by atoms with Crippen LogP contribution in [0.15, 0.2) is 65.7 Å². The molecule has 0 aromatic heterocycles. The van der Waals surface area contributed by atoms with Gasteiger partial charge in [0.05, 0.1) is 12.1 Å². The third-order valence-electron chi connectivity index (χ3n) is 5.37. The summed E-state index contributed by atoms with van der Waals surface area (Å²) in [5.41, 5.74) is 3.68. The van der Waals surface area contributed by atoms with Gasteiger partial charge in [-0.25, -0.2) is 0 Å². The molecule has 1 aliphatic carbocycles. The van der Waals surface area contributed by atoms with Crippen molar-refractivity contribution in [2.24, 2.45) is 10.9 Å². The smallest absolute Gasteiger partial charge is 0.130 e. The minimum atomic E-state index is -0.0881. The van der Waals surface area contributed by atoms with E-state index in [0.717, 1.165) is 12.2 Å². The van der Waals surface area contributed by atoms with Crippen molar-refractivity contribution < 1.29 is 4.74 Å². The zero-order chi connectivity index (χ0) is 23.4. The second kappa shape index (κ2) is 10.2. The van der Waals surface area contributed by atoms with Gasteiger partial charge in [0.1, 0.15) is 5.75 Å². The van der Waals surface area contributed by atoms with Crippen molar-refractivity contribution in [3.05, 3.63) is 77.4 Å². The fourth-order valence-electron chi connectivity index (χ4n) is 3.66. The van der Waals surface area contributed by atoms with Crippen molar-refractivity contribution in [1.82, 2.24) is 0 Å². The number of nitrogens with zero attached hydrogens (tertiary/aromatic N) is 1. The van der Waals surface area contributed by atoms with Gasteiger partial charge < -0.3 is 4.74 Å². The Bertz CT molecular complexity index is 1020. The Morgan fingerprint density at radius 3 is 2.44 bits per heavy atom. The minimum Gasteiger partial charge on any atom is -0.492 e. The Kier molecular flexibility index (Phi) is 7.78. The summed E-state index contributed by atoms with van der Waals surface area (Å²) >= 11 is 0. The Morgan fingerprint density at radius 1 is 1.03 bits per heavy atom. The van der Waals surface area contributed by atoms with Gasteiger partial charge in [0.15, 0.2) is 0 Å². The average Bonchev–Trinajstić information content (AvgIpc) is 2.71. The lowest BCUT2D eigenvalue weighted by atomic mass is 9.85. The first kappa shape index (κ1) is 24.5. The van der Waals surface area contributed by atoms with Gasteiger partial charge in [-0.1, -0.05) is 84.0 Å². The van der Waals surface area contributed by atoms with Crippen molar-refractivity contribution in [3.63, 3.8) is 0 Å². The molecular formula is C29H38NOP. The van der Waals surface area contributed by atoms with Gasteiger partial charge in [0, 0.05) is 28.6 Å². The SMILES string of the molecule is Cc1cc(Pc2ccccc2/C=N/C(C)(C)C)c(OCC2C=CC=CC2)c(C(C)(C)C)c1. The van der Waals surface area contributed by atoms with E-state index < -0.39 is 0 Å². The maximum atomic E-state index is 6.60. The molecule has 0 amide bonds. The van der Waals surface area contributed by atoms with Gasteiger partial charge in [-0.15, -0.1) is 0 Å². The molecule has 0 aliphatic heterocycles. The molecule has 2 unspecified atom stereocenters. The van der Waals surface area contributed by atoms with E-state index in [1.807, 2.05) is 6.21 Å². The van der Waals surface area contributed by atoms with Gasteiger partial charge in [-0.2, -0.15) is 0 Å². The number of hydrogen-bond acceptors (Lipinski definition) is 2. The number of aryl methyl sites for hydroxylation is 1. The highest BCUT2D eigenvalue weighted by molar-refractivity contribution is 7.56. The zero-order valence-corrected chi connectivity index (χ0v) is 21.7. The molecule has 2 nitrogen and oxygen atoms in total. The Labute approximate surface area is 196 Å². The minimum absolute atomic E-state index is 0.0100. The second-order valence-corrected chi connectivity index (χ2v) is 12.0. The lowest BCUT2D eigenvalue weighted by Crippen LogP contribution is -2.22. The van der Waals surface area contributed by atoms with Gasteiger partial charge in [-0.05, 0) is 56.5 Å². The first-order valence-corrected chi connectivity index (χ1v) is 12.6. The summed E-state index contributed by atoms with van der Waals surface area (Å²) in [4.78, 5) is 4.76. The van der Waals surface area contributed by atoms with E-state index in [1.165, 1.54) is 27.3 Å². The number of benzene rings is 2. The van der Waals surface area contributed by atoms with E-state index in [9.17, 15) is 0 Å². The van der Waals surface area contributed by atoms with E-state index in [2.05, 4.69) is 109 Å². The molecule has 3 heteroatoms. The van der Waals surface area contributed by atoms with E-state index in [1.54, 1.807) is 0 Å². The standard InChI is InChI=1S/C29H38NOP/c1-21-17-24(28(2,3)4)27(31-20-22-13-9-8-10-14-22)26(18-21)32-25-16-12-11-15-23(25)19-30-29(5,6)7/h8-13,15-19,22,32H,14,20H2,1-7H3/b30-19+. The molecule has 2 aromatic rings. The summed E-state index contributed by atoms with van der Waals surface area (Å²) in [6, 6.07) is 13.2. The molecule has 170 valence electrons. The van der Waals surface area contributed by atoms with Crippen molar-refractivity contribution in [2.45, 2.75) is 65.8 Å². The molecule has 2 atom stereocenters. The number of rotatable bonds is 6. The molecule has 0 saturated heterocycles.